The van der Waals surface area contributed by atoms with Crippen LogP contribution in [-0.2, 0) is 17.8 Å². The summed E-state index contributed by atoms with van der Waals surface area (Å²) in [6, 6.07) is 14.3. The molecule has 228 valence electrons. The van der Waals surface area contributed by atoms with Crippen molar-refractivity contribution in [3.8, 4) is 22.8 Å². The summed E-state index contributed by atoms with van der Waals surface area (Å²) in [6.45, 7) is 9.22. The van der Waals surface area contributed by atoms with Gasteiger partial charge in [0, 0.05) is 18.2 Å². The molecule has 7 heteroatoms. The predicted octanol–water partition coefficient (Wildman–Crippen LogP) is 7.80. The van der Waals surface area contributed by atoms with Crippen LogP contribution in [0, 0.1) is 23.1 Å². The fourth-order valence-electron chi connectivity index (χ4n) is 6.91. The molecular weight excluding hydrogens is 543 g/mol. The summed E-state index contributed by atoms with van der Waals surface area (Å²) in [5.74, 6) is 0.104. The first-order valence-corrected chi connectivity index (χ1v) is 15.7. The van der Waals surface area contributed by atoms with Crippen LogP contribution in [-0.4, -0.2) is 41.2 Å². The molecule has 2 fully saturated rings. The number of pyridine rings is 1. The maximum absolute atomic E-state index is 15.2. The number of nitrogens with zero attached hydrogens (tertiary/aromatic N) is 2. The fraction of sp³-hybridized carbons (Fsp3) is 0.500. The minimum absolute atomic E-state index is 0.000525. The molecule has 1 aliphatic carbocycles. The zero-order valence-corrected chi connectivity index (χ0v) is 25.7. The van der Waals surface area contributed by atoms with E-state index >= 15 is 4.39 Å². The van der Waals surface area contributed by atoms with Crippen molar-refractivity contribution < 1.29 is 23.8 Å². The van der Waals surface area contributed by atoms with Gasteiger partial charge in [0.15, 0.2) is 0 Å². The molecule has 43 heavy (non-hydrogen) atoms. The van der Waals surface area contributed by atoms with E-state index < -0.39 is 11.9 Å². The molecule has 0 bridgehead atoms. The second-order valence-electron chi connectivity index (χ2n) is 13.6. The topological polar surface area (TPSA) is 71.9 Å². The van der Waals surface area contributed by atoms with Crippen LogP contribution in [0.1, 0.15) is 87.2 Å². The molecule has 1 N–H and O–H groups in total. The lowest BCUT2D eigenvalue weighted by molar-refractivity contribution is -0.142. The van der Waals surface area contributed by atoms with E-state index in [1.807, 2.05) is 13.0 Å². The van der Waals surface area contributed by atoms with Gasteiger partial charge in [-0.15, -0.1) is 0 Å². The summed E-state index contributed by atoms with van der Waals surface area (Å²) in [6.07, 6.45) is 7.25. The number of aliphatic carboxylic acids is 1. The Balaban J connectivity index is 1.31. The van der Waals surface area contributed by atoms with Crippen LogP contribution in [0.3, 0.4) is 0 Å². The van der Waals surface area contributed by atoms with Crippen LogP contribution in [0.4, 0.5) is 4.39 Å². The average molecular weight is 587 g/mol. The summed E-state index contributed by atoms with van der Waals surface area (Å²) in [4.78, 5) is 18.4. The third kappa shape index (κ3) is 6.42. The number of halogens is 1. The van der Waals surface area contributed by atoms with Gasteiger partial charge >= 0.3 is 5.97 Å². The molecule has 1 saturated carbocycles. The molecule has 0 unspecified atom stereocenters. The number of aromatic nitrogens is 1. The number of rotatable bonds is 9. The van der Waals surface area contributed by atoms with Crippen molar-refractivity contribution in [2.75, 3.05) is 20.2 Å². The second-order valence-corrected chi connectivity index (χ2v) is 13.6. The lowest BCUT2D eigenvalue weighted by Gasteiger charge is -2.37. The van der Waals surface area contributed by atoms with E-state index in [2.05, 4.69) is 54.1 Å². The first-order valence-electron chi connectivity index (χ1n) is 15.7. The summed E-state index contributed by atoms with van der Waals surface area (Å²) in [5, 5.41) is 9.77. The molecule has 3 atom stereocenters. The summed E-state index contributed by atoms with van der Waals surface area (Å²) >= 11 is 0. The van der Waals surface area contributed by atoms with Crippen LogP contribution >= 0.6 is 0 Å². The smallest absolute Gasteiger partial charge is 0.306 e. The minimum Gasteiger partial charge on any atom is -0.485 e. The molecule has 2 aromatic carbocycles. The highest BCUT2D eigenvalue weighted by atomic mass is 19.1. The van der Waals surface area contributed by atoms with E-state index in [0.717, 1.165) is 91.7 Å². The van der Waals surface area contributed by atoms with Gasteiger partial charge in [0.1, 0.15) is 17.7 Å². The van der Waals surface area contributed by atoms with Gasteiger partial charge in [-0.3, -0.25) is 9.69 Å². The van der Waals surface area contributed by atoms with Crippen molar-refractivity contribution in [3.05, 3.63) is 76.7 Å². The van der Waals surface area contributed by atoms with Gasteiger partial charge in [-0.25, -0.2) is 9.37 Å². The Hall–Kier alpha value is -3.45. The van der Waals surface area contributed by atoms with Crippen LogP contribution < -0.4 is 9.47 Å². The largest absolute Gasteiger partial charge is 0.485 e. The number of carbonyl (C=O) groups is 1. The predicted molar refractivity (Wildman–Crippen MR) is 165 cm³/mol. The van der Waals surface area contributed by atoms with Gasteiger partial charge < -0.3 is 14.6 Å². The average Bonchev–Trinajstić information content (AvgIpc) is 3.83. The molecular formula is C36H43FN2O4. The van der Waals surface area contributed by atoms with Crippen molar-refractivity contribution in [3.63, 3.8) is 0 Å². The monoisotopic (exact) mass is 586 g/mol. The van der Waals surface area contributed by atoms with Crippen LogP contribution in [0.15, 0.2) is 48.7 Å². The second kappa shape index (κ2) is 11.9. The quantitative estimate of drug-likeness (QED) is 0.276. The molecule has 6 nitrogen and oxygen atoms in total. The minimum atomic E-state index is -0.749. The number of piperidine rings is 1. The molecule has 2 aliphatic heterocycles. The number of benzene rings is 2. The van der Waals surface area contributed by atoms with Crippen molar-refractivity contribution >= 4 is 5.97 Å². The third-order valence-corrected chi connectivity index (χ3v) is 9.91. The lowest BCUT2D eigenvalue weighted by atomic mass is 9.82. The highest BCUT2D eigenvalue weighted by molar-refractivity contribution is 5.71. The van der Waals surface area contributed by atoms with Crippen LogP contribution in [0.5, 0.6) is 11.6 Å². The number of hydrogen-bond donors (Lipinski definition) is 1. The molecule has 1 aromatic heterocycles. The molecule has 3 aliphatic rings. The molecule has 3 heterocycles. The summed E-state index contributed by atoms with van der Waals surface area (Å²) in [7, 11) is 1.54. The Bertz CT molecular complexity index is 1490. The standard InChI is InChI=1S/C36H43FN2O4/c1-22(35(40)41)34(24-6-7-24)26-8-5-23-10-12-31(43-32(23)18-26)25-9-11-28(29-19-33(42-4)38-20-30(29)37)27(17-25)21-39-15-13-36(2,3)14-16-39/h5,8-9,11,17-20,22,24,31,34H,6-7,10,12-16,21H2,1-4H3,(H,40,41)/t22-,31+,34-/m0/s1. The van der Waals surface area contributed by atoms with Gasteiger partial charge in [-0.05, 0) is 103 Å². The number of carboxylic acid groups (broad SMARTS) is 1. The van der Waals surface area contributed by atoms with E-state index in [4.69, 9.17) is 9.47 Å². The number of ether oxygens (including phenoxy) is 2. The first kappa shape index (κ1) is 29.6. The van der Waals surface area contributed by atoms with Crippen LogP contribution in [0.25, 0.3) is 11.1 Å². The molecule has 0 amide bonds. The number of hydrogen-bond acceptors (Lipinski definition) is 5. The molecule has 3 aromatic rings. The number of aryl methyl sites for hydroxylation is 1. The van der Waals surface area contributed by atoms with Gasteiger partial charge in [-0.2, -0.15) is 0 Å². The molecule has 0 radical (unpaired) electrons. The number of methoxy groups -OCH3 is 1. The number of carboxylic acids is 1. The van der Waals surface area contributed by atoms with Crippen molar-refractivity contribution in [1.82, 2.24) is 9.88 Å². The number of likely N-dealkylation sites (tertiary alicyclic amines) is 1. The van der Waals surface area contributed by atoms with Crippen molar-refractivity contribution in [2.45, 2.75) is 77.9 Å². The zero-order chi connectivity index (χ0) is 30.3. The van der Waals surface area contributed by atoms with Gasteiger partial charge in [0.2, 0.25) is 5.88 Å². The van der Waals surface area contributed by atoms with E-state index in [1.165, 1.54) is 6.20 Å². The van der Waals surface area contributed by atoms with E-state index in [0.29, 0.717) is 22.8 Å². The molecule has 6 rings (SSSR count). The lowest BCUT2D eigenvalue weighted by Crippen LogP contribution is -2.36. The maximum Gasteiger partial charge on any atom is 0.306 e. The Morgan fingerprint density at radius 2 is 1.88 bits per heavy atom. The Kier molecular flexibility index (Phi) is 8.20. The highest BCUT2D eigenvalue weighted by Gasteiger charge is 2.39. The zero-order valence-electron chi connectivity index (χ0n) is 25.7. The Morgan fingerprint density at radius 3 is 2.58 bits per heavy atom. The molecule has 0 spiro atoms. The maximum atomic E-state index is 15.2. The van der Waals surface area contributed by atoms with Crippen LogP contribution in [0.2, 0.25) is 0 Å². The normalized spacial score (nSPS) is 21.4. The van der Waals surface area contributed by atoms with E-state index in [-0.39, 0.29) is 17.8 Å². The Morgan fingerprint density at radius 1 is 1.12 bits per heavy atom. The third-order valence-electron chi connectivity index (χ3n) is 9.91. The number of fused-ring (bicyclic) bond motifs is 1. The van der Waals surface area contributed by atoms with Gasteiger partial charge in [0.05, 0.1) is 19.2 Å². The van der Waals surface area contributed by atoms with Crippen molar-refractivity contribution in [2.24, 2.45) is 17.3 Å². The first-order chi connectivity index (χ1) is 20.6. The highest BCUT2D eigenvalue weighted by Crippen LogP contribution is 2.48. The van der Waals surface area contributed by atoms with Gasteiger partial charge in [-0.1, -0.05) is 51.1 Å². The van der Waals surface area contributed by atoms with Crippen molar-refractivity contribution in [1.29, 1.82) is 0 Å². The molecule has 1 saturated heterocycles. The van der Waals surface area contributed by atoms with Gasteiger partial charge in [0.25, 0.3) is 0 Å². The Labute approximate surface area is 254 Å². The summed E-state index contributed by atoms with van der Waals surface area (Å²) in [5.41, 5.74) is 6.04. The SMILES string of the molecule is COc1cc(-c2ccc([C@H]3CCc4ccc([C@H](C5CC5)[C@H](C)C(=O)O)cc4O3)cc2CN2CCC(C)(C)CC2)c(F)cn1. The summed E-state index contributed by atoms with van der Waals surface area (Å²) < 4.78 is 27.1. The fourth-order valence-corrected chi connectivity index (χ4v) is 6.91. The van der Waals surface area contributed by atoms with E-state index in [1.54, 1.807) is 13.2 Å². The van der Waals surface area contributed by atoms with E-state index in [9.17, 15) is 9.90 Å².